The van der Waals surface area contributed by atoms with Crippen LogP contribution in [0.25, 0.3) is 0 Å². The number of aliphatic hydroxyl groups excluding tert-OH is 1. The van der Waals surface area contributed by atoms with Gasteiger partial charge in [-0.1, -0.05) is 43.7 Å². The molecule has 4 N–H and O–H groups in total. The molecule has 1 saturated heterocycles. The first-order chi connectivity index (χ1) is 13.4. The molecule has 0 spiro atoms. The number of benzene rings is 1. The SMILES string of the molecule is CCC(CCC1(C)OCCO1)CNC[C@H](O)[C@H](Cc1ccccc1)NC(=O)O. The molecule has 2 rings (SSSR count). The minimum Gasteiger partial charge on any atom is -0.465 e. The van der Waals surface area contributed by atoms with E-state index in [0.29, 0.717) is 32.1 Å². The number of aliphatic hydroxyl groups is 1. The van der Waals surface area contributed by atoms with Crippen molar-refractivity contribution >= 4 is 6.09 Å². The van der Waals surface area contributed by atoms with Crippen LogP contribution in [0, 0.1) is 5.92 Å². The summed E-state index contributed by atoms with van der Waals surface area (Å²) < 4.78 is 11.3. The molecule has 7 nitrogen and oxygen atoms in total. The van der Waals surface area contributed by atoms with Crippen LogP contribution in [0.4, 0.5) is 4.79 Å². The summed E-state index contributed by atoms with van der Waals surface area (Å²) >= 11 is 0. The summed E-state index contributed by atoms with van der Waals surface area (Å²) in [4.78, 5) is 11.1. The van der Waals surface area contributed by atoms with Crippen LogP contribution in [0.2, 0.25) is 0 Å². The molecule has 1 aromatic carbocycles. The van der Waals surface area contributed by atoms with E-state index in [9.17, 15) is 9.90 Å². The molecule has 28 heavy (non-hydrogen) atoms. The first kappa shape index (κ1) is 22.6. The third-order valence-electron chi connectivity index (χ3n) is 5.34. The largest absolute Gasteiger partial charge is 0.465 e. The van der Waals surface area contributed by atoms with Gasteiger partial charge in [0.2, 0.25) is 0 Å². The first-order valence-electron chi connectivity index (χ1n) is 10.1. The highest BCUT2D eigenvalue weighted by Gasteiger charge is 2.31. The highest BCUT2D eigenvalue weighted by atomic mass is 16.7. The molecule has 0 saturated carbocycles. The second-order valence-electron chi connectivity index (χ2n) is 7.61. The van der Waals surface area contributed by atoms with Crippen molar-refractivity contribution in [2.24, 2.45) is 5.92 Å². The fraction of sp³-hybridized carbons (Fsp3) is 0.667. The summed E-state index contributed by atoms with van der Waals surface area (Å²) in [7, 11) is 0. The predicted octanol–water partition coefficient (Wildman–Crippen LogP) is 2.39. The van der Waals surface area contributed by atoms with Crippen LogP contribution in [0.5, 0.6) is 0 Å². The van der Waals surface area contributed by atoms with Gasteiger partial charge >= 0.3 is 6.09 Å². The van der Waals surface area contributed by atoms with Gasteiger partial charge in [0.25, 0.3) is 0 Å². The average molecular weight is 395 g/mol. The fourth-order valence-corrected chi connectivity index (χ4v) is 3.51. The summed E-state index contributed by atoms with van der Waals surface area (Å²) in [5.74, 6) is -0.0316. The molecule has 7 heteroatoms. The van der Waals surface area contributed by atoms with Crippen molar-refractivity contribution in [2.45, 2.75) is 57.5 Å². The number of rotatable bonds is 12. The van der Waals surface area contributed by atoms with E-state index in [1.165, 1.54) is 0 Å². The van der Waals surface area contributed by atoms with Crippen LogP contribution in [-0.2, 0) is 15.9 Å². The van der Waals surface area contributed by atoms with Crippen molar-refractivity contribution in [1.29, 1.82) is 0 Å². The van der Waals surface area contributed by atoms with Crippen molar-refractivity contribution in [1.82, 2.24) is 10.6 Å². The van der Waals surface area contributed by atoms with E-state index in [4.69, 9.17) is 14.6 Å². The monoisotopic (exact) mass is 394 g/mol. The van der Waals surface area contributed by atoms with Crippen molar-refractivity contribution in [3.63, 3.8) is 0 Å². The third kappa shape index (κ3) is 7.75. The lowest BCUT2D eigenvalue weighted by Crippen LogP contribution is -2.48. The average Bonchev–Trinajstić information content (AvgIpc) is 3.11. The Morgan fingerprint density at radius 2 is 1.89 bits per heavy atom. The zero-order valence-corrected chi connectivity index (χ0v) is 16.9. The van der Waals surface area contributed by atoms with E-state index < -0.39 is 24.0 Å². The molecule has 0 aliphatic carbocycles. The Hall–Kier alpha value is -1.67. The van der Waals surface area contributed by atoms with E-state index in [0.717, 1.165) is 31.4 Å². The maximum Gasteiger partial charge on any atom is 0.404 e. The molecule has 0 radical (unpaired) electrons. The summed E-state index contributed by atoms with van der Waals surface area (Å²) in [5, 5.41) is 25.4. The van der Waals surface area contributed by atoms with Crippen molar-refractivity contribution < 1.29 is 24.5 Å². The van der Waals surface area contributed by atoms with Gasteiger partial charge in [-0.15, -0.1) is 0 Å². The quantitative estimate of drug-likeness (QED) is 0.434. The molecule has 1 aliphatic rings. The summed E-state index contributed by atoms with van der Waals surface area (Å²) in [6.45, 7) is 6.52. The summed E-state index contributed by atoms with van der Waals surface area (Å²) in [6, 6.07) is 9.01. The summed E-state index contributed by atoms with van der Waals surface area (Å²) in [6.07, 6.45) is 1.33. The lowest BCUT2D eigenvalue weighted by atomic mass is 9.96. The molecule has 1 aliphatic heterocycles. The maximum atomic E-state index is 11.1. The minimum atomic E-state index is -1.13. The molecule has 3 atom stereocenters. The fourth-order valence-electron chi connectivity index (χ4n) is 3.51. The molecule has 0 bridgehead atoms. The second kappa shape index (κ2) is 11.4. The maximum absolute atomic E-state index is 11.1. The first-order valence-corrected chi connectivity index (χ1v) is 10.1. The Labute approximate surface area is 167 Å². The molecule has 1 amide bonds. The van der Waals surface area contributed by atoms with Crippen molar-refractivity contribution in [2.75, 3.05) is 26.3 Å². The molecule has 1 aromatic rings. The van der Waals surface area contributed by atoms with Gasteiger partial charge in [-0.3, -0.25) is 0 Å². The summed E-state index contributed by atoms with van der Waals surface area (Å²) in [5.41, 5.74) is 0.983. The highest BCUT2D eigenvalue weighted by molar-refractivity contribution is 5.65. The van der Waals surface area contributed by atoms with Crippen LogP contribution in [0.15, 0.2) is 30.3 Å². The molecular formula is C21H34N2O5. The zero-order valence-electron chi connectivity index (χ0n) is 16.9. The number of ether oxygens (including phenoxy) is 2. The Morgan fingerprint density at radius 1 is 1.21 bits per heavy atom. The predicted molar refractivity (Wildman–Crippen MR) is 107 cm³/mol. The molecule has 1 heterocycles. The molecule has 1 fully saturated rings. The van der Waals surface area contributed by atoms with Gasteiger partial charge in [-0.05, 0) is 37.8 Å². The van der Waals surface area contributed by atoms with Crippen LogP contribution in [0.3, 0.4) is 0 Å². The second-order valence-corrected chi connectivity index (χ2v) is 7.61. The van der Waals surface area contributed by atoms with Crippen LogP contribution in [0.1, 0.15) is 38.7 Å². The third-order valence-corrected chi connectivity index (χ3v) is 5.34. The molecule has 158 valence electrons. The van der Waals surface area contributed by atoms with E-state index in [1.807, 2.05) is 37.3 Å². The standard InChI is InChI=1S/C21H34N2O5/c1-3-16(9-10-21(2)27-11-12-28-21)14-22-15-19(24)18(23-20(25)26)13-17-7-5-4-6-8-17/h4-8,16,18-19,22-24H,3,9-15H2,1-2H3,(H,25,26)/t16?,18-,19-/m0/s1. The van der Waals surface area contributed by atoms with Crippen LogP contribution < -0.4 is 10.6 Å². The van der Waals surface area contributed by atoms with Gasteiger partial charge in [-0.25, -0.2) is 4.79 Å². The van der Waals surface area contributed by atoms with Crippen LogP contribution in [-0.4, -0.2) is 60.5 Å². The number of nitrogens with one attached hydrogen (secondary N) is 2. The van der Waals surface area contributed by atoms with E-state index in [2.05, 4.69) is 17.6 Å². The molecule has 0 aromatic heterocycles. The van der Waals surface area contributed by atoms with Crippen molar-refractivity contribution in [3.8, 4) is 0 Å². The topological polar surface area (TPSA) is 100 Å². The lowest BCUT2D eigenvalue weighted by Gasteiger charge is -2.26. The molecular weight excluding hydrogens is 360 g/mol. The van der Waals surface area contributed by atoms with E-state index >= 15 is 0 Å². The Balaban J connectivity index is 1.78. The number of hydrogen-bond donors (Lipinski definition) is 4. The van der Waals surface area contributed by atoms with Gasteiger partial charge in [-0.2, -0.15) is 0 Å². The Bertz CT molecular complexity index is 577. The van der Waals surface area contributed by atoms with Gasteiger partial charge in [0, 0.05) is 13.0 Å². The van der Waals surface area contributed by atoms with E-state index in [-0.39, 0.29) is 0 Å². The van der Waals surface area contributed by atoms with Gasteiger partial charge in [0.15, 0.2) is 5.79 Å². The van der Waals surface area contributed by atoms with Crippen LogP contribution >= 0.6 is 0 Å². The van der Waals surface area contributed by atoms with E-state index in [1.54, 1.807) is 0 Å². The normalized spacial score (nSPS) is 19.1. The molecule has 1 unspecified atom stereocenters. The van der Waals surface area contributed by atoms with Gasteiger partial charge in [0.1, 0.15) is 0 Å². The zero-order chi connectivity index (χ0) is 20.4. The highest BCUT2D eigenvalue weighted by Crippen LogP contribution is 2.26. The number of carboxylic acid groups (broad SMARTS) is 1. The number of amides is 1. The Kier molecular flexibility index (Phi) is 9.18. The minimum absolute atomic E-state index is 0.332. The van der Waals surface area contributed by atoms with Crippen molar-refractivity contribution in [3.05, 3.63) is 35.9 Å². The number of hydrogen-bond acceptors (Lipinski definition) is 5. The van der Waals surface area contributed by atoms with Gasteiger partial charge in [0.05, 0.1) is 25.4 Å². The number of carbonyl (C=O) groups is 1. The lowest BCUT2D eigenvalue weighted by molar-refractivity contribution is -0.149. The Morgan fingerprint density at radius 3 is 2.50 bits per heavy atom. The smallest absolute Gasteiger partial charge is 0.404 e. The van der Waals surface area contributed by atoms with Gasteiger partial charge < -0.3 is 30.3 Å².